The van der Waals surface area contributed by atoms with E-state index in [4.69, 9.17) is 4.98 Å². The lowest BCUT2D eigenvalue weighted by Crippen LogP contribution is -2.33. The number of hydrogen-bond acceptors (Lipinski definition) is 4. The molecule has 168 valence electrons. The Hall–Kier alpha value is -3.38. The van der Waals surface area contributed by atoms with Crippen molar-refractivity contribution < 1.29 is 4.79 Å². The molecule has 0 atom stereocenters. The molecule has 6 heteroatoms. The summed E-state index contributed by atoms with van der Waals surface area (Å²) in [6.07, 6.45) is 0. The van der Waals surface area contributed by atoms with Gasteiger partial charge in [0.1, 0.15) is 0 Å². The first-order valence-corrected chi connectivity index (χ1v) is 12.0. The zero-order chi connectivity index (χ0) is 23.4. The number of rotatable bonds is 7. The highest BCUT2D eigenvalue weighted by Gasteiger charge is 2.24. The molecule has 0 bridgehead atoms. The predicted octanol–water partition coefficient (Wildman–Crippen LogP) is 5.32. The number of carbonyl (C=O) groups is 1. The van der Waals surface area contributed by atoms with E-state index in [1.165, 1.54) is 11.8 Å². The minimum Gasteiger partial charge on any atom is -0.334 e. The first kappa shape index (κ1) is 22.8. The van der Waals surface area contributed by atoms with Gasteiger partial charge >= 0.3 is 0 Å². The van der Waals surface area contributed by atoms with Crippen LogP contribution in [0.4, 0.5) is 0 Å². The average molecular weight is 458 g/mol. The highest BCUT2D eigenvalue weighted by Crippen LogP contribution is 2.29. The molecule has 33 heavy (non-hydrogen) atoms. The standard InChI is InChI=1S/C27H27N3O2S/c1-19(2)30-26(32)22-16-10-11-17-23(22)28-27(30)33-18-24(31)29(3)25(20-12-6-4-7-13-20)21-14-8-5-9-15-21/h4-17,19,25H,18H2,1-3H3. The molecule has 0 aliphatic heterocycles. The quantitative estimate of drug-likeness (QED) is 0.278. The molecule has 1 aromatic heterocycles. The Morgan fingerprint density at radius 3 is 2.03 bits per heavy atom. The number of nitrogens with zero attached hydrogens (tertiary/aromatic N) is 3. The average Bonchev–Trinajstić information content (AvgIpc) is 2.84. The fourth-order valence-corrected chi connectivity index (χ4v) is 5.02. The Bertz CT molecular complexity index is 1260. The summed E-state index contributed by atoms with van der Waals surface area (Å²) in [6.45, 7) is 3.91. The molecule has 0 aliphatic carbocycles. The second-order valence-electron chi connectivity index (χ2n) is 8.20. The number of hydrogen-bond donors (Lipinski definition) is 0. The molecule has 0 saturated carbocycles. The Kier molecular flexibility index (Phi) is 6.94. The molecule has 1 heterocycles. The van der Waals surface area contributed by atoms with Crippen LogP contribution in [-0.4, -0.2) is 33.2 Å². The van der Waals surface area contributed by atoms with E-state index < -0.39 is 0 Å². The normalized spacial score (nSPS) is 11.3. The molecular weight excluding hydrogens is 430 g/mol. The molecule has 1 amide bonds. The van der Waals surface area contributed by atoms with Crippen molar-refractivity contribution in [2.45, 2.75) is 31.1 Å². The van der Waals surface area contributed by atoms with Crippen LogP contribution in [0.2, 0.25) is 0 Å². The van der Waals surface area contributed by atoms with Gasteiger partial charge in [0.15, 0.2) is 5.16 Å². The Labute approximate surface area is 198 Å². The highest BCUT2D eigenvalue weighted by atomic mass is 32.2. The van der Waals surface area contributed by atoms with Crippen molar-refractivity contribution in [3.05, 3.63) is 106 Å². The summed E-state index contributed by atoms with van der Waals surface area (Å²) >= 11 is 1.31. The van der Waals surface area contributed by atoms with Crippen LogP contribution < -0.4 is 5.56 Å². The Balaban J connectivity index is 1.62. The lowest BCUT2D eigenvalue weighted by molar-refractivity contribution is -0.128. The smallest absolute Gasteiger partial charge is 0.262 e. The maximum absolute atomic E-state index is 13.3. The van der Waals surface area contributed by atoms with Crippen molar-refractivity contribution in [2.75, 3.05) is 12.8 Å². The van der Waals surface area contributed by atoms with Crippen molar-refractivity contribution in [1.29, 1.82) is 0 Å². The number of para-hydroxylation sites is 1. The molecule has 0 saturated heterocycles. The monoisotopic (exact) mass is 457 g/mol. The van der Waals surface area contributed by atoms with E-state index >= 15 is 0 Å². The largest absolute Gasteiger partial charge is 0.334 e. The molecule has 4 rings (SSSR count). The summed E-state index contributed by atoms with van der Waals surface area (Å²) in [5.41, 5.74) is 2.67. The SMILES string of the molecule is CC(C)n1c(SCC(=O)N(C)C(c2ccccc2)c2ccccc2)nc2ccccc2c1=O. The van der Waals surface area contributed by atoms with Crippen LogP contribution in [0, 0.1) is 0 Å². The van der Waals surface area contributed by atoms with E-state index in [9.17, 15) is 9.59 Å². The topological polar surface area (TPSA) is 55.2 Å². The summed E-state index contributed by atoms with van der Waals surface area (Å²) in [4.78, 5) is 32.9. The molecular formula is C27H27N3O2S. The van der Waals surface area contributed by atoms with Gasteiger partial charge in [-0.05, 0) is 37.1 Å². The number of thioether (sulfide) groups is 1. The van der Waals surface area contributed by atoms with Gasteiger partial charge in [-0.25, -0.2) is 4.98 Å². The van der Waals surface area contributed by atoms with E-state index in [0.717, 1.165) is 11.1 Å². The van der Waals surface area contributed by atoms with Gasteiger partial charge in [0, 0.05) is 13.1 Å². The first-order valence-electron chi connectivity index (χ1n) is 11.0. The van der Waals surface area contributed by atoms with E-state index in [2.05, 4.69) is 0 Å². The molecule has 0 unspecified atom stereocenters. The summed E-state index contributed by atoms with van der Waals surface area (Å²) in [7, 11) is 1.83. The molecule has 0 N–H and O–H groups in total. The van der Waals surface area contributed by atoms with Gasteiger partial charge in [-0.2, -0.15) is 0 Å². The van der Waals surface area contributed by atoms with Gasteiger partial charge in [0.05, 0.1) is 22.7 Å². The maximum atomic E-state index is 13.3. The van der Waals surface area contributed by atoms with Crippen molar-refractivity contribution in [3.63, 3.8) is 0 Å². The minimum absolute atomic E-state index is 0.0320. The lowest BCUT2D eigenvalue weighted by Gasteiger charge is -2.29. The van der Waals surface area contributed by atoms with Crippen molar-refractivity contribution in [2.24, 2.45) is 0 Å². The molecule has 0 aliphatic rings. The van der Waals surface area contributed by atoms with Crippen molar-refractivity contribution >= 4 is 28.6 Å². The third kappa shape index (κ3) is 4.86. The van der Waals surface area contributed by atoms with Crippen LogP contribution >= 0.6 is 11.8 Å². The number of fused-ring (bicyclic) bond motifs is 1. The van der Waals surface area contributed by atoms with E-state index in [1.54, 1.807) is 15.5 Å². The van der Waals surface area contributed by atoms with Crippen molar-refractivity contribution in [3.8, 4) is 0 Å². The van der Waals surface area contributed by atoms with Gasteiger partial charge in [0.2, 0.25) is 5.91 Å². The third-order valence-corrected chi connectivity index (χ3v) is 6.57. The van der Waals surface area contributed by atoms with Crippen LogP contribution in [0.3, 0.4) is 0 Å². The summed E-state index contributed by atoms with van der Waals surface area (Å²) in [5, 5.41) is 1.15. The summed E-state index contributed by atoms with van der Waals surface area (Å²) in [5.74, 6) is 0.153. The van der Waals surface area contributed by atoms with Gasteiger partial charge in [-0.15, -0.1) is 0 Å². The summed E-state index contributed by atoms with van der Waals surface area (Å²) < 4.78 is 1.67. The van der Waals surface area contributed by atoms with Crippen molar-refractivity contribution in [1.82, 2.24) is 14.5 Å². The zero-order valence-electron chi connectivity index (χ0n) is 19.0. The van der Waals surface area contributed by atoms with Crippen LogP contribution in [0.5, 0.6) is 0 Å². The number of carbonyl (C=O) groups excluding carboxylic acids is 1. The first-order chi connectivity index (χ1) is 16.0. The second-order valence-corrected chi connectivity index (χ2v) is 9.14. The van der Waals surface area contributed by atoms with Crippen LogP contribution in [0.1, 0.15) is 37.1 Å². The molecule has 0 spiro atoms. The predicted molar refractivity (Wildman–Crippen MR) is 135 cm³/mol. The molecule has 5 nitrogen and oxygen atoms in total. The van der Waals surface area contributed by atoms with Crippen LogP contribution in [0.15, 0.2) is 94.9 Å². The Morgan fingerprint density at radius 2 is 1.45 bits per heavy atom. The summed E-state index contributed by atoms with van der Waals surface area (Å²) in [6, 6.07) is 27.1. The lowest BCUT2D eigenvalue weighted by atomic mass is 9.97. The second kappa shape index (κ2) is 10.0. The van der Waals surface area contributed by atoms with Gasteiger partial charge in [0.25, 0.3) is 5.56 Å². The molecule has 3 aromatic carbocycles. The Morgan fingerprint density at radius 1 is 0.909 bits per heavy atom. The number of aromatic nitrogens is 2. The fourth-order valence-electron chi connectivity index (χ4n) is 3.97. The highest BCUT2D eigenvalue weighted by molar-refractivity contribution is 7.99. The number of benzene rings is 3. The van der Waals surface area contributed by atoms with E-state index in [1.807, 2.05) is 99.8 Å². The van der Waals surface area contributed by atoms with Gasteiger partial charge < -0.3 is 4.90 Å². The van der Waals surface area contributed by atoms with E-state index in [0.29, 0.717) is 16.1 Å². The van der Waals surface area contributed by atoms with Gasteiger partial charge in [-0.3, -0.25) is 14.2 Å². The molecule has 0 radical (unpaired) electrons. The fraction of sp³-hybridized carbons (Fsp3) is 0.222. The minimum atomic E-state index is -0.197. The maximum Gasteiger partial charge on any atom is 0.262 e. The van der Waals surface area contributed by atoms with E-state index in [-0.39, 0.29) is 29.3 Å². The van der Waals surface area contributed by atoms with Crippen LogP contribution in [-0.2, 0) is 4.79 Å². The van der Waals surface area contributed by atoms with Gasteiger partial charge in [-0.1, -0.05) is 84.6 Å². The number of amides is 1. The molecule has 0 fully saturated rings. The zero-order valence-corrected chi connectivity index (χ0v) is 19.8. The van der Waals surface area contributed by atoms with Crippen LogP contribution in [0.25, 0.3) is 10.9 Å². The third-order valence-electron chi connectivity index (χ3n) is 5.63. The molecule has 4 aromatic rings.